The monoisotopic (exact) mass is 322 g/mol. The Kier molecular flexibility index (Phi) is 3.35. The van der Waals surface area contributed by atoms with Gasteiger partial charge in [0.05, 0.1) is 5.41 Å². The molecule has 4 rings (SSSR count). The van der Waals surface area contributed by atoms with Gasteiger partial charge in [0, 0.05) is 6.26 Å². The Bertz CT molecular complexity index is 520. The van der Waals surface area contributed by atoms with Gasteiger partial charge in [-0.1, -0.05) is 0 Å². The van der Waals surface area contributed by atoms with Crippen LogP contribution < -0.4 is 0 Å². The SMILES string of the molecule is CS(=O)(=O)C(F)(F)COC(=O)C12CC3CC(CC(C3)C1)C2. The minimum Gasteiger partial charge on any atom is -0.458 e. The molecular weight excluding hydrogens is 302 g/mol. The molecule has 0 radical (unpaired) electrons. The number of hydrogen-bond donors (Lipinski definition) is 0. The number of sulfone groups is 1. The van der Waals surface area contributed by atoms with E-state index in [2.05, 4.69) is 0 Å². The van der Waals surface area contributed by atoms with Crippen molar-refractivity contribution in [3.8, 4) is 0 Å². The average Bonchev–Trinajstić information content (AvgIpc) is 2.32. The molecule has 4 nitrogen and oxygen atoms in total. The van der Waals surface area contributed by atoms with E-state index in [1.54, 1.807) is 0 Å². The molecule has 120 valence electrons. The maximum atomic E-state index is 13.4. The van der Waals surface area contributed by atoms with E-state index in [-0.39, 0.29) is 0 Å². The van der Waals surface area contributed by atoms with Gasteiger partial charge in [0.15, 0.2) is 6.61 Å². The van der Waals surface area contributed by atoms with Crippen LogP contribution in [-0.4, -0.2) is 32.5 Å². The van der Waals surface area contributed by atoms with E-state index < -0.39 is 33.1 Å². The van der Waals surface area contributed by atoms with Gasteiger partial charge in [-0.3, -0.25) is 4.79 Å². The highest BCUT2D eigenvalue weighted by Gasteiger charge is 2.56. The molecule has 0 N–H and O–H groups in total. The molecule has 0 aliphatic heterocycles. The minimum atomic E-state index is -4.56. The van der Waals surface area contributed by atoms with Crippen molar-refractivity contribution < 1.29 is 26.7 Å². The van der Waals surface area contributed by atoms with Crippen molar-refractivity contribution in [1.29, 1.82) is 0 Å². The molecule has 21 heavy (non-hydrogen) atoms. The first-order valence-electron chi connectivity index (χ1n) is 7.36. The van der Waals surface area contributed by atoms with Crippen molar-refractivity contribution in [3.05, 3.63) is 0 Å². The number of halogens is 2. The molecule has 7 heteroatoms. The Morgan fingerprint density at radius 2 is 1.57 bits per heavy atom. The molecule has 0 aromatic heterocycles. The molecule has 0 aromatic rings. The zero-order chi connectivity index (χ0) is 15.5. The van der Waals surface area contributed by atoms with Gasteiger partial charge in [0.2, 0.25) is 9.84 Å². The molecule has 0 amide bonds. The molecule has 4 aliphatic carbocycles. The standard InChI is InChI=1S/C14H20F2O4S/c1-21(18,19)14(15,16)8-20-12(17)13-5-9-2-10(6-13)4-11(3-9)7-13/h9-11H,2-8H2,1H3. The third-order valence-corrected chi connectivity index (χ3v) is 6.59. The van der Waals surface area contributed by atoms with E-state index in [4.69, 9.17) is 4.74 Å². The van der Waals surface area contributed by atoms with E-state index in [0.29, 0.717) is 43.3 Å². The summed E-state index contributed by atoms with van der Waals surface area (Å²) in [6.45, 7) is -1.37. The number of carbonyl (C=O) groups excluding carboxylic acids is 1. The van der Waals surface area contributed by atoms with Crippen LogP contribution in [-0.2, 0) is 19.4 Å². The number of ether oxygens (including phenoxy) is 1. The lowest BCUT2D eigenvalue weighted by Crippen LogP contribution is -2.51. The largest absolute Gasteiger partial charge is 0.458 e. The van der Waals surface area contributed by atoms with Gasteiger partial charge in [-0.2, -0.15) is 8.78 Å². The molecular formula is C14H20F2O4S. The Hall–Kier alpha value is -0.720. The first-order chi connectivity index (χ1) is 9.61. The summed E-state index contributed by atoms with van der Waals surface area (Å²) in [6, 6.07) is 0. The summed E-state index contributed by atoms with van der Waals surface area (Å²) >= 11 is 0. The number of esters is 1. The van der Waals surface area contributed by atoms with Crippen LogP contribution in [0.1, 0.15) is 38.5 Å². The summed E-state index contributed by atoms with van der Waals surface area (Å²) in [7, 11) is -4.56. The van der Waals surface area contributed by atoms with Crippen LogP contribution in [0.3, 0.4) is 0 Å². The maximum Gasteiger partial charge on any atom is 0.378 e. The molecule has 4 aliphatic rings. The van der Waals surface area contributed by atoms with Crippen molar-refractivity contribution in [2.45, 2.75) is 43.8 Å². The molecule has 4 saturated carbocycles. The summed E-state index contributed by atoms with van der Waals surface area (Å²) < 4.78 is 53.5. The second-order valence-corrected chi connectivity index (χ2v) is 9.33. The fraction of sp³-hybridized carbons (Fsp3) is 0.929. The second-order valence-electron chi connectivity index (χ2n) is 7.18. The highest BCUT2D eigenvalue weighted by Crippen LogP contribution is 2.60. The van der Waals surface area contributed by atoms with Crippen molar-refractivity contribution >= 4 is 15.8 Å². The number of hydrogen-bond acceptors (Lipinski definition) is 4. The first kappa shape index (κ1) is 15.2. The quantitative estimate of drug-likeness (QED) is 0.746. The summed E-state index contributed by atoms with van der Waals surface area (Å²) in [4.78, 5) is 12.3. The lowest BCUT2D eigenvalue weighted by atomic mass is 9.49. The fourth-order valence-electron chi connectivity index (χ4n) is 4.77. The molecule has 0 unspecified atom stereocenters. The van der Waals surface area contributed by atoms with Crippen molar-refractivity contribution in [3.63, 3.8) is 0 Å². The van der Waals surface area contributed by atoms with Gasteiger partial charge in [0.1, 0.15) is 0 Å². The Labute approximate surface area is 123 Å². The third kappa shape index (κ3) is 2.58. The van der Waals surface area contributed by atoms with Crippen LogP contribution in [0.2, 0.25) is 0 Å². The van der Waals surface area contributed by atoms with E-state index >= 15 is 0 Å². The average molecular weight is 322 g/mol. The lowest BCUT2D eigenvalue weighted by Gasteiger charge is -2.55. The predicted molar refractivity (Wildman–Crippen MR) is 71.4 cm³/mol. The molecule has 0 spiro atoms. The Balaban J connectivity index is 1.69. The van der Waals surface area contributed by atoms with Gasteiger partial charge in [-0.15, -0.1) is 0 Å². The van der Waals surface area contributed by atoms with Gasteiger partial charge in [-0.05, 0) is 56.3 Å². The van der Waals surface area contributed by atoms with Crippen molar-refractivity contribution in [1.82, 2.24) is 0 Å². The Morgan fingerprint density at radius 3 is 1.95 bits per heavy atom. The Morgan fingerprint density at radius 1 is 1.14 bits per heavy atom. The molecule has 4 bridgehead atoms. The topological polar surface area (TPSA) is 60.4 Å². The normalized spacial score (nSPS) is 38.5. The van der Waals surface area contributed by atoms with Gasteiger partial charge in [0.25, 0.3) is 0 Å². The van der Waals surface area contributed by atoms with Gasteiger partial charge >= 0.3 is 11.2 Å². The molecule has 0 heterocycles. The van der Waals surface area contributed by atoms with Gasteiger partial charge < -0.3 is 4.74 Å². The maximum absolute atomic E-state index is 13.4. The smallest absolute Gasteiger partial charge is 0.378 e. The number of carbonyl (C=O) groups is 1. The number of rotatable bonds is 4. The summed E-state index contributed by atoms with van der Waals surface area (Å²) in [6.07, 6.45) is 5.97. The zero-order valence-corrected chi connectivity index (χ0v) is 12.8. The van der Waals surface area contributed by atoms with E-state index in [1.807, 2.05) is 0 Å². The van der Waals surface area contributed by atoms with E-state index in [0.717, 1.165) is 19.3 Å². The van der Waals surface area contributed by atoms with Crippen LogP contribution in [0.5, 0.6) is 0 Å². The molecule has 0 saturated heterocycles. The highest BCUT2D eigenvalue weighted by atomic mass is 32.2. The number of alkyl halides is 2. The zero-order valence-electron chi connectivity index (χ0n) is 12.0. The van der Waals surface area contributed by atoms with Crippen molar-refractivity contribution in [2.24, 2.45) is 23.2 Å². The fourth-order valence-corrected chi connectivity index (χ4v) is 5.04. The third-order valence-electron chi connectivity index (χ3n) is 5.39. The van der Waals surface area contributed by atoms with Crippen LogP contribution in [0.4, 0.5) is 8.78 Å². The van der Waals surface area contributed by atoms with Gasteiger partial charge in [-0.25, -0.2) is 8.42 Å². The predicted octanol–water partition coefficient (Wildman–Crippen LogP) is 2.38. The van der Waals surface area contributed by atoms with Crippen LogP contribution >= 0.6 is 0 Å². The first-order valence-corrected chi connectivity index (χ1v) is 9.25. The summed E-state index contributed by atoms with van der Waals surface area (Å²) in [5.74, 6) is 0.877. The second kappa shape index (κ2) is 4.64. The van der Waals surface area contributed by atoms with E-state index in [9.17, 15) is 22.0 Å². The minimum absolute atomic E-state index is 0.450. The molecule has 0 aromatic carbocycles. The summed E-state index contributed by atoms with van der Waals surface area (Å²) in [5.41, 5.74) is -0.637. The molecule has 4 fully saturated rings. The van der Waals surface area contributed by atoms with Crippen LogP contribution in [0.15, 0.2) is 0 Å². The lowest BCUT2D eigenvalue weighted by molar-refractivity contribution is -0.176. The molecule has 0 atom stereocenters. The van der Waals surface area contributed by atoms with Crippen molar-refractivity contribution in [2.75, 3.05) is 12.9 Å². The highest BCUT2D eigenvalue weighted by molar-refractivity contribution is 7.91. The van der Waals surface area contributed by atoms with Crippen LogP contribution in [0, 0.1) is 23.2 Å². The van der Waals surface area contributed by atoms with E-state index in [1.165, 1.54) is 0 Å². The van der Waals surface area contributed by atoms with Crippen LogP contribution in [0.25, 0.3) is 0 Å². The summed E-state index contributed by atoms with van der Waals surface area (Å²) in [5, 5.41) is -4.01.